The van der Waals surface area contributed by atoms with Crippen molar-refractivity contribution in [3.05, 3.63) is 53.3 Å². The van der Waals surface area contributed by atoms with Crippen LogP contribution in [0.5, 0.6) is 0 Å². The lowest BCUT2D eigenvalue weighted by Crippen LogP contribution is -2.30. The van der Waals surface area contributed by atoms with E-state index in [1.165, 1.54) is 27.2 Å². The second-order valence-corrected chi connectivity index (χ2v) is 7.84. The molecule has 9 heteroatoms. The third kappa shape index (κ3) is 4.55. The van der Waals surface area contributed by atoms with Gasteiger partial charge in [-0.3, -0.25) is 4.79 Å². The van der Waals surface area contributed by atoms with Gasteiger partial charge in [-0.2, -0.15) is 4.31 Å². The van der Waals surface area contributed by atoms with Gasteiger partial charge >= 0.3 is 5.97 Å². The minimum Gasteiger partial charge on any atom is -0.456 e. The normalized spacial score (nSPS) is 11.6. The van der Waals surface area contributed by atoms with Crippen LogP contribution in [0.25, 0.3) is 0 Å². The van der Waals surface area contributed by atoms with E-state index in [1.54, 1.807) is 39.1 Å². The molecule has 2 N–H and O–H groups in total. The number of carbonyl (C=O) groups is 2. The molecule has 27 heavy (non-hydrogen) atoms. The molecule has 1 amide bonds. The Bertz CT molecular complexity index is 946. The second-order valence-electron chi connectivity index (χ2n) is 5.90. The molecule has 0 aliphatic carbocycles. The third-order valence-electron chi connectivity index (χ3n) is 4.11. The number of nitrogens with two attached hydrogens (primary N) is 1. The van der Waals surface area contributed by atoms with Gasteiger partial charge in [-0.05, 0) is 23.8 Å². The Balaban J connectivity index is 2.17. The average Bonchev–Trinajstić information content (AvgIpc) is 3.03. The maximum absolute atomic E-state index is 12.6. The highest BCUT2D eigenvalue weighted by Gasteiger charge is 2.25. The topological polar surface area (TPSA) is 112 Å². The fraction of sp³-hybridized carbons (Fsp3) is 0.333. The molecule has 0 saturated carbocycles. The summed E-state index contributed by atoms with van der Waals surface area (Å²) in [5.41, 5.74) is 6.26. The number of hydrogen-bond donors (Lipinski definition) is 1. The van der Waals surface area contributed by atoms with E-state index in [9.17, 15) is 18.0 Å². The van der Waals surface area contributed by atoms with Crippen LogP contribution in [-0.2, 0) is 28.4 Å². The van der Waals surface area contributed by atoms with Crippen molar-refractivity contribution in [1.29, 1.82) is 0 Å². The molecular weight excluding hydrogens is 370 g/mol. The van der Waals surface area contributed by atoms with E-state index >= 15 is 0 Å². The van der Waals surface area contributed by atoms with Crippen molar-refractivity contribution in [3.63, 3.8) is 0 Å². The molecule has 0 aliphatic heterocycles. The summed E-state index contributed by atoms with van der Waals surface area (Å²) in [6, 6.07) is 7.74. The van der Waals surface area contributed by atoms with Gasteiger partial charge in [-0.1, -0.05) is 26.0 Å². The molecule has 8 nitrogen and oxygen atoms in total. The lowest BCUT2D eigenvalue weighted by Gasteiger charge is -2.17. The smallest absolute Gasteiger partial charge is 0.355 e. The number of benzene rings is 1. The van der Waals surface area contributed by atoms with E-state index in [-0.39, 0.29) is 17.2 Å². The highest BCUT2D eigenvalue weighted by molar-refractivity contribution is 7.89. The molecule has 0 saturated heterocycles. The molecule has 0 unspecified atom stereocenters. The third-order valence-corrected chi connectivity index (χ3v) is 6.13. The van der Waals surface area contributed by atoms with E-state index in [2.05, 4.69) is 0 Å². The Morgan fingerprint density at radius 3 is 2.44 bits per heavy atom. The van der Waals surface area contributed by atoms with Crippen LogP contribution in [0.1, 0.15) is 40.3 Å². The first-order chi connectivity index (χ1) is 12.7. The molecule has 1 aromatic heterocycles. The zero-order chi connectivity index (χ0) is 20.2. The maximum Gasteiger partial charge on any atom is 0.355 e. The standard InChI is InChI=1S/C18H23N3O5S/c1-4-21(5-2)27(24,25)15-10-16(20(3)11-15)18(23)26-12-13-7-6-8-14(9-13)17(19)22/h6-11H,4-5,12H2,1-3H3,(H2,19,22). The first-order valence-corrected chi connectivity index (χ1v) is 9.87. The number of nitrogens with zero attached hydrogens (tertiary/aromatic N) is 2. The molecule has 0 spiro atoms. The van der Waals surface area contributed by atoms with Crippen LogP contribution in [0.4, 0.5) is 0 Å². The molecule has 0 radical (unpaired) electrons. The molecule has 0 fully saturated rings. The van der Waals surface area contributed by atoms with Crippen LogP contribution in [0, 0.1) is 0 Å². The van der Waals surface area contributed by atoms with Crippen molar-refractivity contribution in [2.45, 2.75) is 25.3 Å². The number of primary amides is 1. The summed E-state index contributed by atoms with van der Waals surface area (Å²) in [6.07, 6.45) is 1.39. The van der Waals surface area contributed by atoms with Gasteiger partial charge in [0.05, 0.1) is 0 Å². The number of amides is 1. The first-order valence-electron chi connectivity index (χ1n) is 8.43. The zero-order valence-electron chi connectivity index (χ0n) is 15.5. The lowest BCUT2D eigenvalue weighted by molar-refractivity contribution is 0.0461. The van der Waals surface area contributed by atoms with Crippen LogP contribution in [0.2, 0.25) is 0 Å². The average molecular weight is 393 g/mol. The predicted octanol–water partition coefficient (Wildman–Crippen LogP) is 1.51. The second kappa shape index (κ2) is 8.36. The van der Waals surface area contributed by atoms with Crippen molar-refractivity contribution in [3.8, 4) is 0 Å². The van der Waals surface area contributed by atoms with Crippen molar-refractivity contribution in [2.75, 3.05) is 13.1 Å². The molecule has 1 aromatic carbocycles. The van der Waals surface area contributed by atoms with E-state index in [0.29, 0.717) is 24.2 Å². The number of esters is 1. The molecule has 0 bridgehead atoms. The van der Waals surface area contributed by atoms with Gasteiger partial charge in [-0.15, -0.1) is 0 Å². The van der Waals surface area contributed by atoms with Crippen molar-refractivity contribution < 1.29 is 22.7 Å². The minimum atomic E-state index is -3.67. The van der Waals surface area contributed by atoms with E-state index < -0.39 is 21.9 Å². The zero-order valence-corrected chi connectivity index (χ0v) is 16.3. The summed E-state index contributed by atoms with van der Waals surface area (Å²) in [5, 5.41) is 0. The number of rotatable bonds is 8. The summed E-state index contributed by atoms with van der Waals surface area (Å²) in [5.74, 6) is -1.24. The fourth-order valence-corrected chi connectivity index (χ4v) is 4.16. The van der Waals surface area contributed by atoms with Crippen LogP contribution in [0.15, 0.2) is 41.4 Å². The Morgan fingerprint density at radius 2 is 1.85 bits per heavy atom. The highest BCUT2D eigenvalue weighted by Crippen LogP contribution is 2.19. The van der Waals surface area contributed by atoms with Gasteiger partial charge < -0.3 is 15.0 Å². The number of aryl methyl sites for hydroxylation is 1. The van der Waals surface area contributed by atoms with Crippen LogP contribution in [0.3, 0.4) is 0 Å². The SMILES string of the molecule is CCN(CC)S(=O)(=O)c1cc(C(=O)OCc2cccc(C(N)=O)c2)n(C)c1. The lowest BCUT2D eigenvalue weighted by atomic mass is 10.1. The van der Waals surface area contributed by atoms with Gasteiger partial charge in [0.15, 0.2) is 0 Å². The Labute approximate surface area is 158 Å². The summed E-state index contributed by atoms with van der Waals surface area (Å²) in [4.78, 5) is 23.6. The molecule has 2 aromatic rings. The van der Waals surface area contributed by atoms with Gasteiger partial charge in [0.25, 0.3) is 0 Å². The maximum atomic E-state index is 12.6. The first kappa shape index (κ1) is 20.7. The molecule has 0 atom stereocenters. The monoisotopic (exact) mass is 393 g/mol. The quantitative estimate of drug-likeness (QED) is 0.683. The summed E-state index contributed by atoms with van der Waals surface area (Å²) < 4.78 is 33.1. The predicted molar refractivity (Wildman–Crippen MR) is 99.6 cm³/mol. The number of hydrogen-bond acceptors (Lipinski definition) is 5. The Morgan fingerprint density at radius 1 is 1.19 bits per heavy atom. The molecule has 2 rings (SSSR count). The largest absolute Gasteiger partial charge is 0.456 e. The van der Waals surface area contributed by atoms with Crippen molar-refractivity contribution in [1.82, 2.24) is 8.87 Å². The summed E-state index contributed by atoms with van der Waals surface area (Å²) in [6.45, 7) is 4.11. The Kier molecular flexibility index (Phi) is 6.40. The Hall–Kier alpha value is -2.65. The highest BCUT2D eigenvalue weighted by atomic mass is 32.2. The summed E-state index contributed by atoms with van der Waals surface area (Å²) >= 11 is 0. The fourth-order valence-electron chi connectivity index (χ4n) is 2.63. The summed E-state index contributed by atoms with van der Waals surface area (Å²) in [7, 11) is -2.09. The number of carbonyl (C=O) groups excluding carboxylic acids is 2. The van der Waals surface area contributed by atoms with Crippen molar-refractivity contribution >= 4 is 21.9 Å². The molecule has 1 heterocycles. The van der Waals surface area contributed by atoms with Crippen LogP contribution < -0.4 is 5.73 Å². The number of aromatic nitrogens is 1. The molecule has 146 valence electrons. The van der Waals surface area contributed by atoms with Gasteiger partial charge in [0, 0.05) is 31.9 Å². The molecule has 0 aliphatic rings. The molecular formula is C18H23N3O5S. The van der Waals surface area contributed by atoms with E-state index in [1.807, 2.05) is 0 Å². The number of ether oxygens (including phenoxy) is 1. The van der Waals surface area contributed by atoms with Gasteiger partial charge in [-0.25, -0.2) is 13.2 Å². The van der Waals surface area contributed by atoms with Crippen molar-refractivity contribution in [2.24, 2.45) is 12.8 Å². The van der Waals surface area contributed by atoms with Gasteiger partial charge in [0.1, 0.15) is 17.2 Å². The van der Waals surface area contributed by atoms with Crippen LogP contribution >= 0.6 is 0 Å². The van der Waals surface area contributed by atoms with Crippen LogP contribution in [-0.4, -0.2) is 42.3 Å². The number of sulfonamides is 1. The van der Waals surface area contributed by atoms with E-state index in [0.717, 1.165) is 0 Å². The van der Waals surface area contributed by atoms with E-state index in [4.69, 9.17) is 10.5 Å². The minimum absolute atomic E-state index is 0.0383. The van der Waals surface area contributed by atoms with Gasteiger partial charge in [0.2, 0.25) is 15.9 Å².